The van der Waals surface area contributed by atoms with Crippen molar-refractivity contribution in [3.8, 4) is 11.1 Å². The Morgan fingerprint density at radius 3 is 2.49 bits per heavy atom. The van der Waals surface area contributed by atoms with Gasteiger partial charge in [-0.25, -0.2) is 9.59 Å². The number of aromatic nitrogens is 1. The summed E-state index contributed by atoms with van der Waals surface area (Å²) < 4.78 is 19.2. The lowest BCUT2D eigenvalue weighted by molar-refractivity contribution is -0.164. The molecule has 0 fully saturated rings. The Balaban J connectivity index is 1.98. The van der Waals surface area contributed by atoms with Gasteiger partial charge in [-0.1, -0.05) is 23.7 Å². The van der Waals surface area contributed by atoms with Crippen LogP contribution in [0.4, 0.5) is 5.69 Å². The summed E-state index contributed by atoms with van der Waals surface area (Å²) in [6.45, 7) is 10.2. The molecule has 1 aromatic heterocycles. The van der Waals surface area contributed by atoms with Gasteiger partial charge in [-0.15, -0.1) is 0 Å². The molecule has 0 unspecified atom stereocenters. The number of hydrogen-bond donors (Lipinski definition) is 2. The van der Waals surface area contributed by atoms with Gasteiger partial charge in [0.1, 0.15) is 6.61 Å². The Hall–Kier alpha value is -3.07. The summed E-state index contributed by atoms with van der Waals surface area (Å²) in [5.41, 5.74) is 5.63. The van der Waals surface area contributed by atoms with Crippen molar-refractivity contribution >= 4 is 40.1 Å². The lowest BCUT2D eigenvalue weighted by atomic mass is 9.87. The highest BCUT2D eigenvalue weighted by Crippen LogP contribution is 2.47. The Morgan fingerprint density at radius 1 is 1.22 bits per heavy atom. The van der Waals surface area contributed by atoms with Crippen molar-refractivity contribution in [2.75, 3.05) is 25.6 Å². The second kappa shape index (κ2) is 10.4. The number of benzene rings is 2. The van der Waals surface area contributed by atoms with Crippen LogP contribution < -0.4 is 5.32 Å². The van der Waals surface area contributed by atoms with Gasteiger partial charge in [0.2, 0.25) is 0 Å². The van der Waals surface area contributed by atoms with E-state index in [-0.39, 0.29) is 19.3 Å². The molecular formula is C28H33ClN2O6. The molecular weight excluding hydrogens is 496 g/mol. The van der Waals surface area contributed by atoms with Gasteiger partial charge in [0.15, 0.2) is 6.10 Å². The molecule has 2 aromatic carbocycles. The number of ether oxygens (including phenoxy) is 3. The van der Waals surface area contributed by atoms with Crippen LogP contribution in [0.5, 0.6) is 0 Å². The Bertz CT molecular complexity index is 1340. The predicted molar refractivity (Wildman–Crippen MR) is 143 cm³/mol. The summed E-state index contributed by atoms with van der Waals surface area (Å²) in [7, 11) is 1.36. The van der Waals surface area contributed by atoms with Gasteiger partial charge >= 0.3 is 11.9 Å². The van der Waals surface area contributed by atoms with Crippen LogP contribution in [-0.2, 0) is 30.3 Å². The zero-order chi connectivity index (χ0) is 27.1. The Kier molecular flexibility index (Phi) is 7.55. The predicted octanol–water partition coefficient (Wildman–Crippen LogP) is 5.50. The highest BCUT2D eigenvalue weighted by Gasteiger charge is 2.36. The second-order valence-electron chi connectivity index (χ2n) is 10.3. The topological polar surface area (TPSA) is 99.0 Å². The molecule has 0 bridgehead atoms. The van der Waals surface area contributed by atoms with Crippen molar-refractivity contribution in [2.24, 2.45) is 0 Å². The van der Waals surface area contributed by atoms with E-state index < -0.39 is 23.6 Å². The van der Waals surface area contributed by atoms with Crippen LogP contribution in [0.15, 0.2) is 30.3 Å². The minimum Gasteiger partial charge on any atom is -0.480 e. The fourth-order valence-corrected chi connectivity index (χ4v) is 5.11. The van der Waals surface area contributed by atoms with Crippen molar-refractivity contribution < 1.29 is 28.9 Å². The molecule has 0 spiro atoms. The molecule has 9 heteroatoms. The van der Waals surface area contributed by atoms with E-state index in [1.165, 1.54) is 7.11 Å². The quantitative estimate of drug-likeness (QED) is 0.372. The van der Waals surface area contributed by atoms with Gasteiger partial charge in [0.25, 0.3) is 0 Å². The number of anilines is 1. The van der Waals surface area contributed by atoms with Gasteiger partial charge in [0, 0.05) is 28.2 Å². The molecule has 2 heterocycles. The number of carboxylic acid groups (broad SMARTS) is 1. The number of aryl methyl sites for hydroxylation is 1. The molecule has 2 N–H and O–H groups in total. The molecule has 4 rings (SSSR count). The molecule has 198 valence electrons. The smallest absolute Gasteiger partial charge is 0.339 e. The Labute approximate surface area is 221 Å². The maximum absolute atomic E-state index is 13.2. The summed E-state index contributed by atoms with van der Waals surface area (Å²) in [5.74, 6) is -1.50. The van der Waals surface area contributed by atoms with Crippen LogP contribution in [0.2, 0.25) is 5.02 Å². The van der Waals surface area contributed by atoms with Crippen LogP contribution in [0.25, 0.3) is 22.0 Å². The van der Waals surface area contributed by atoms with Gasteiger partial charge in [-0.2, -0.15) is 0 Å². The minimum atomic E-state index is -1.01. The number of methoxy groups -OCH3 is 1. The van der Waals surface area contributed by atoms with E-state index in [1.54, 1.807) is 0 Å². The number of halogens is 1. The van der Waals surface area contributed by atoms with E-state index in [9.17, 15) is 9.59 Å². The third kappa shape index (κ3) is 5.46. The van der Waals surface area contributed by atoms with Crippen molar-refractivity contribution in [1.82, 2.24) is 4.57 Å². The van der Waals surface area contributed by atoms with Crippen LogP contribution in [0.3, 0.4) is 0 Å². The first-order chi connectivity index (χ1) is 17.4. The van der Waals surface area contributed by atoms with Crippen LogP contribution in [0, 0.1) is 13.8 Å². The molecule has 8 nitrogen and oxygen atoms in total. The average molecular weight is 529 g/mol. The molecule has 3 aromatic rings. The highest BCUT2D eigenvalue weighted by atomic mass is 35.5. The number of aliphatic carboxylic acids is 1. The Morgan fingerprint density at radius 2 is 1.89 bits per heavy atom. The van der Waals surface area contributed by atoms with Gasteiger partial charge in [0.05, 0.1) is 36.6 Å². The molecule has 0 amide bonds. The number of carbonyl (C=O) groups is 2. The summed E-state index contributed by atoms with van der Waals surface area (Å²) in [4.78, 5) is 24.2. The summed E-state index contributed by atoms with van der Waals surface area (Å²) in [6.07, 6.45) is -0.981. The molecule has 0 radical (unpaired) electrons. The third-order valence-electron chi connectivity index (χ3n) is 6.44. The number of nitrogens with one attached hydrogen (secondary N) is 1. The van der Waals surface area contributed by atoms with E-state index in [4.69, 9.17) is 30.9 Å². The summed E-state index contributed by atoms with van der Waals surface area (Å²) in [6, 6.07) is 9.50. The molecule has 2 atom stereocenters. The fourth-order valence-electron chi connectivity index (χ4n) is 4.99. The minimum absolute atomic E-state index is 0.158. The third-order valence-corrected chi connectivity index (χ3v) is 6.69. The maximum atomic E-state index is 13.2. The highest BCUT2D eigenvalue weighted by molar-refractivity contribution is 6.30. The molecule has 0 saturated carbocycles. The normalized spacial score (nSPS) is 15.9. The first-order valence-corrected chi connectivity index (χ1v) is 12.5. The second-order valence-corrected chi connectivity index (χ2v) is 10.8. The molecule has 0 aliphatic carbocycles. The lowest BCUT2D eigenvalue weighted by Crippen LogP contribution is -2.36. The van der Waals surface area contributed by atoms with E-state index in [2.05, 4.69) is 16.0 Å². The van der Waals surface area contributed by atoms with Crippen molar-refractivity contribution in [2.45, 2.75) is 58.9 Å². The van der Waals surface area contributed by atoms with E-state index in [0.29, 0.717) is 17.1 Å². The standard InChI is InChI=1S/C28H33ClN2O6/c1-15-11-20-23(17-7-9-18(29)10-8-17)22(26(27(34)35-6)37-28(3,4)5)16(2)24-25(20)31(15)12-19(30-24)13-36-14-21(32)33/h7-11,19,26,30H,12-14H2,1-6H3,(H,32,33)/t19-,26-/m0/s1. The van der Waals surface area contributed by atoms with Gasteiger partial charge in [-0.05, 0) is 69.5 Å². The zero-order valence-corrected chi connectivity index (χ0v) is 22.7. The largest absolute Gasteiger partial charge is 0.480 e. The lowest BCUT2D eigenvalue weighted by Gasteiger charge is -2.33. The number of esters is 1. The van der Waals surface area contributed by atoms with E-state index >= 15 is 0 Å². The SMILES string of the molecule is COC(=O)[C@@H](OC(C)(C)C)c1c(C)c2c3c(cc(C)n3C[C@@H](COCC(=O)O)N2)c1-c1ccc(Cl)cc1. The summed E-state index contributed by atoms with van der Waals surface area (Å²) in [5, 5.41) is 14.1. The monoisotopic (exact) mass is 528 g/mol. The first kappa shape index (κ1) is 27.0. The maximum Gasteiger partial charge on any atom is 0.339 e. The van der Waals surface area contributed by atoms with Crippen molar-refractivity contribution in [1.29, 1.82) is 0 Å². The number of nitrogens with zero attached hydrogens (tertiary/aromatic N) is 1. The first-order valence-electron chi connectivity index (χ1n) is 12.1. The van der Waals surface area contributed by atoms with Crippen molar-refractivity contribution in [3.05, 3.63) is 52.2 Å². The molecule has 1 aliphatic rings. The molecule has 0 saturated heterocycles. The zero-order valence-electron chi connectivity index (χ0n) is 22.0. The van der Waals surface area contributed by atoms with Crippen LogP contribution >= 0.6 is 11.6 Å². The van der Waals surface area contributed by atoms with E-state index in [1.807, 2.05) is 58.9 Å². The molecule has 1 aliphatic heterocycles. The van der Waals surface area contributed by atoms with Gasteiger partial charge in [-0.3, -0.25) is 0 Å². The van der Waals surface area contributed by atoms with E-state index in [0.717, 1.165) is 39.0 Å². The van der Waals surface area contributed by atoms with Gasteiger partial charge < -0.3 is 29.2 Å². The average Bonchev–Trinajstić information content (AvgIpc) is 3.15. The molecule has 37 heavy (non-hydrogen) atoms. The van der Waals surface area contributed by atoms with Crippen LogP contribution in [-0.4, -0.2) is 53.6 Å². The fraction of sp³-hybridized carbons (Fsp3) is 0.429. The summed E-state index contributed by atoms with van der Waals surface area (Å²) >= 11 is 6.21. The van der Waals surface area contributed by atoms with Crippen molar-refractivity contribution in [3.63, 3.8) is 0 Å². The number of carbonyl (C=O) groups excluding carboxylic acids is 1. The number of rotatable bonds is 8. The number of carboxylic acids is 1. The van der Waals surface area contributed by atoms with Crippen LogP contribution in [0.1, 0.15) is 43.7 Å². The number of hydrogen-bond acceptors (Lipinski definition) is 6.